The average Bonchev–Trinajstić information content (AvgIpc) is 2.37. The van der Waals surface area contributed by atoms with Gasteiger partial charge < -0.3 is 15.4 Å². The van der Waals surface area contributed by atoms with E-state index >= 15 is 0 Å². The molecule has 1 aliphatic rings. The Labute approximate surface area is 138 Å². The summed E-state index contributed by atoms with van der Waals surface area (Å²) < 4.78 is 31.5. The van der Waals surface area contributed by atoms with Gasteiger partial charge >= 0.3 is 0 Å². The van der Waals surface area contributed by atoms with Gasteiger partial charge in [-0.2, -0.15) is 0 Å². The Morgan fingerprint density at radius 2 is 2.15 bits per heavy atom. The summed E-state index contributed by atoms with van der Waals surface area (Å²) in [5, 5.41) is 0. The van der Waals surface area contributed by atoms with E-state index in [2.05, 4.69) is 9.71 Å². The summed E-state index contributed by atoms with van der Waals surface area (Å²) in [5.74, 6) is 0.264. The number of aliphatic imine (C=N–C) groups is 1. The molecule has 0 spiro atoms. The van der Waals surface area contributed by atoms with Crippen LogP contribution < -0.4 is 10.5 Å². The Bertz CT molecular complexity index is 394. The Balaban J connectivity index is 0.00000361. The van der Waals surface area contributed by atoms with Crippen molar-refractivity contribution in [1.29, 1.82) is 0 Å². The van der Waals surface area contributed by atoms with Gasteiger partial charge in [0.2, 0.25) is 10.0 Å². The summed E-state index contributed by atoms with van der Waals surface area (Å²) in [7, 11) is 0.198. The molecule has 20 heavy (non-hydrogen) atoms. The van der Waals surface area contributed by atoms with Crippen LogP contribution in [-0.4, -0.2) is 64.9 Å². The first kappa shape index (κ1) is 19.9. The van der Waals surface area contributed by atoms with Crippen LogP contribution in [0.4, 0.5) is 0 Å². The van der Waals surface area contributed by atoms with E-state index in [1.165, 1.54) is 0 Å². The SMILES string of the molecule is CN(C)C(N)=NCCS(=O)(=O)NCC1CCCCO1.I. The first-order chi connectivity index (χ1) is 8.91. The smallest absolute Gasteiger partial charge is 0.213 e. The molecule has 1 unspecified atom stereocenters. The molecular weight excluding hydrogens is 395 g/mol. The third-order valence-corrected chi connectivity index (χ3v) is 4.22. The first-order valence-electron chi connectivity index (χ1n) is 6.47. The summed E-state index contributed by atoms with van der Waals surface area (Å²) in [4.78, 5) is 5.61. The standard InChI is InChI=1S/C11H24N4O3S.HI/c1-15(2)11(12)13-6-8-19(16,17)14-9-10-5-3-4-7-18-10;/h10,14H,3-9H2,1-2H3,(H2,12,13);1H. The molecule has 120 valence electrons. The third-order valence-electron chi connectivity index (χ3n) is 2.90. The second-order valence-corrected chi connectivity index (χ2v) is 6.72. The lowest BCUT2D eigenvalue weighted by atomic mass is 10.1. The molecule has 1 rings (SSSR count). The normalized spacial score (nSPS) is 20.3. The van der Waals surface area contributed by atoms with Crippen molar-refractivity contribution < 1.29 is 13.2 Å². The van der Waals surface area contributed by atoms with Crippen LogP contribution in [0.15, 0.2) is 4.99 Å². The number of nitrogens with zero attached hydrogens (tertiary/aromatic N) is 2. The molecule has 1 heterocycles. The van der Waals surface area contributed by atoms with E-state index in [1.807, 2.05) is 0 Å². The molecule has 9 heteroatoms. The number of sulfonamides is 1. The van der Waals surface area contributed by atoms with Crippen LogP contribution >= 0.6 is 24.0 Å². The maximum absolute atomic E-state index is 11.7. The first-order valence-corrected chi connectivity index (χ1v) is 8.12. The highest BCUT2D eigenvalue weighted by Gasteiger charge is 2.17. The van der Waals surface area contributed by atoms with Crippen molar-refractivity contribution >= 4 is 40.0 Å². The van der Waals surface area contributed by atoms with Crippen LogP contribution in [0.2, 0.25) is 0 Å². The van der Waals surface area contributed by atoms with Crippen LogP contribution in [0.3, 0.4) is 0 Å². The van der Waals surface area contributed by atoms with E-state index in [0.29, 0.717) is 12.5 Å². The van der Waals surface area contributed by atoms with Crippen LogP contribution in [0.25, 0.3) is 0 Å². The number of halogens is 1. The van der Waals surface area contributed by atoms with Gasteiger partial charge in [-0.05, 0) is 19.3 Å². The summed E-state index contributed by atoms with van der Waals surface area (Å²) in [6.45, 7) is 1.22. The topological polar surface area (TPSA) is 97.0 Å². The van der Waals surface area contributed by atoms with Gasteiger partial charge in [-0.25, -0.2) is 13.1 Å². The van der Waals surface area contributed by atoms with Crippen molar-refractivity contribution in [2.75, 3.05) is 39.5 Å². The zero-order valence-electron chi connectivity index (χ0n) is 12.0. The molecular formula is C11H25IN4O3S. The lowest BCUT2D eigenvalue weighted by Gasteiger charge is -2.22. The number of hydrogen-bond acceptors (Lipinski definition) is 4. The predicted molar refractivity (Wildman–Crippen MR) is 91.0 cm³/mol. The number of nitrogens with two attached hydrogens (primary N) is 1. The van der Waals surface area contributed by atoms with Crippen LogP contribution in [0.1, 0.15) is 19.3 Å². The molecule has 1 aliphatic heterocycles. The minimum absolute atomic E-state index is 0. The van der Waals surface area contributed by atoms with Crippen LogP contribution in [0, 0.1) is 0 Å². The lowest BCUT2D eigenvalue weighted by molar-refractivity contribution is 0.0200. The Kier molecular flexibility index (Phi) is 9.68. The van der Waals surface area contributed by atoms with Gasteiger partial charge in [0.15, 0.2) is 5.96 Å². The zero-order chi connectivity index (χ0) is 14.3. The van der Waals surface area contributed by atoms with Gasteiger partial charge in [0.1, 0.15) is 0 Å². The molecule has 0 saturated carbocycles. The van der Waals surface area contributed by atoms with Crippen molar-refractivity contribution in [3.8, 4) is 0 Å². The molecule has 3 N–H and O–H groups in total. The average molecular weight is 420 g/mol. The van der Waals surface area contributed by atoms with Crippen molar-refractivity contribution in [3.05, 3.63) is 0 Å². The highest BCUT2D eigenvalue weighted by atomic mass is 127. The minimum atomic E-state index is -3.31. The summed E-state index contributed by atoms with van der Waals surface area (Å²) >= 11 is 0. The van der Waals surface area contributed by atoms with Crippen molar-refractivity contribution in [3.63, 3.8) is 0 Å². The molecule has 0 aromatic heterocycles. The van der Waals surface area contributed by atoms with Crippen molar-refractivity contribution in [1.82, 2.24) is 9.62 Å². The quantitative estimate of drug-likeness (QED) is 0.358. The largest absolute Gasteiger partial charge is 0.377 e. The van der Waals surface area contributed by atoms with E-state index < -0.39 is 10.0 Å². The van der Waals surface area contributed by atoms with Gasteiger partial charge in [0.25, 0.3) is 0 Å². The Morgan fingerprint density at radius 1 is 1.45 bits per heavy atom. The maximum atomic E-state index is 11.7. The monoisotopic (exact) mass is 420 g/mol. The highest BCUT2D eigenvalue weighted by Crippen LogP contribution is 2.11. The molecule has 0 radical (unpaired) electrons. The van der Waals surface area contributed by atoms with E-state index in [4.69, 9.17) is 10.5 Å². The Hall–Kier alpha value is -0.130. The van der Waals surface area contributed by atoms with Gasteiger partial charge in [0, 0.05) is 27.2 Å². The van der Waals surface area contributed by atoms with Crippen LogP contribution in [-0.2, 0) is 14.8 Å². The van der Waals surface area contributed by atoms with Crippen molar-refractivity contribution in [2.24, 2.45) is 10.7 Å². The maximum Gasteiger partial charge on any atom is 0.213 e. The molecule has 0 aromatic carbocycles. The van der Waals surface area contributed by atoms with Gasteiger partial charge in [-0.15, -0.1) is 24.0 Å². The van der Waals surface area contributed by atoms with Crippen molar-refractivity contribution in [2.45, 2.75) is 25.4 Å². The fourth-order valence-corrected chi connectivity index (χ4v) is 2.60. The molecule has 0 aliphatic carbocycles. The second-order valence-electron chi connectivity index (χ2n) is 4.79. The number of hydrogen-bond donors (Lipinski definition) is 2. The number of nitrogens with one attached hydrogen (secondary N) is 1. The fourth-order valence-electron chi connectivity index (χ4n) is 1.68. The van der Waals surface area contributed by atoms with E-state index in [0.717, 1.165) is 25.9 Å². The zero-order valence-corrected chi connectivity index (χ0v) is 15.2. The third kappa shape index (κ3) is 8.22. The molecule has 0 bridgehead atoms. The molecule has 1 saturated heterocycles. The lowest BCUT2D eigenvalue weighted by Crippen LogP contribution is -2.37. The van der Waals surface area contributed by atoms with Gasteiger partial charge in [-0.3, -0.25) is 4.99 Å². The molecule has 0 amide bonds. The minimum Gasteiger partial charge on any atom is -0.377 e. The fraction of sp³-hybridized carbons (Fsp3) is 0.909. The molecule has 0 aromatic rings. The van der Waals surface area contributed by atoms with E-state index in [1.54, 1.807) is 19.0 Å². The van der Waals surface area contributed by atoms with E-state index in [-0.39, 0.29) is 42.4 Å². The van der Waals surface area contributed by atoms with Gasteiger partial charge in [0.05, 0.1) is 18.4 Å². The van der Waals surface area contributed by atoms with Crippen LogP contribution in [0.5, 0.6) is 0 Å². The number of rotatable bonds is 6. The highest BCUT2D eigenvalue weighted by molar-refractivity contribution is 14.0. The van der Waals surface area contributed by atoms with E-state index in [9.17, 15) is 8.42 Å². The summed E-state index contributed by atoms with van der Waals surface area (Å²) in [6, 6.07) is 0. The predicted octanol–water partition coefficient (Wildman–Crippen LogP) is -0.0308. The molecule has 7 nitrogen and oxygen atoms in total. The summed E-state index contributed by atoms with van der Waals surface area (Å²) in [6.07, 6.45) is 3.06. The Morgan fingerprint density at radius 3 is 2.70 bits per heavy atom. The number of guanidine groups is 1. The molecule has 1 atom stereocenters. The van der Waals surface area contributed by atoms with Gasteiger partial charge in [-0.1, -0.05) is 0 Å². The summed E-state index contributed by atoms with van der Waals surface area (Å²) in [5.41, 5.74) is 5.58. The molecule has 1 fully saturated rings. The second kappa shape index (κ2) is 9.74. The number of ether oxygens (including phenoxy) is 1.